The molecular weight excluding hydrogens is 532 g/mol. The first-order chi connectivity index (χ1) is 20.2. The Bertz CT molecular complexity index is 1550. The van der Waals surface area contributed by atoms with Crippen LogP contribution in [0.1, 0.15) is 18.0 Å². The quantitative estimate of drug-likeness (QED) is 0.168. The Kier molecular flexibility index (Phi) is 8.69. The molecule has 1 atom stereocenters. The van der Waals surface area contributed by atoms with Crippen molar-refractivity contribution in [2.75, 3.05) is 14.1 Å². The molecule has 0 bridgehead atoms. The van der Waals surface area contributed by atoms with Crippen molar-refractivity contribution in [1.29, 1.82) is 0 Å². The summed E-state index contributed by atoms with van der Waals surface area (Å²) in [7, 11) is 3.09. The Balaban J connectivity index is 1.54. The molecule has 0 heterocycles. The van der Waals surface area contributed by atoms with Crippen molar-refractivity contribution < 1.29 is 0 Å². The van der Waals surface area contributed by atoms with Gasteiger partial charge in [0.1, 0.15) is 0 Å². The van der Waals surface area contributed by atoms with Gasteiger partial charge >= 0.3 is 0 Å². The highest BCUT2D eigenvalue weighted by molar-refractivity contribution is 7.80. The fraction of sp³-hybridized carbons (Fsp3) is 0.105. The van der Waals surface area contributed by atoms with Crippen molar-refractivity contribution in [3.8, 4) is 0 Å². The van der Waals surface area contributed by atoms with E-state index in [4.69, 9.17) is 0 Å². The number of rotatable bonds is 9. The van der Waals surface area contributed by atoms with E-state index in [0.29, 0.717) is 0 Å². The maximum absolute atomic E-state index is 2.41. The van der Waals surface area contributed by atoms with Crippen molar-refractivity contribution in [3.63, 3.8) is 0 Å². The molecule has 0 unspecified atom stereocenters. The summed E-state index contributed by atoms with van der Waals surface area (Å²) < 4.78 is 0. The van der Waals surface area contributed by atoms with Gasteiger partial charge in [0.25, 0.3) is 0 Å². The molecule has 6 rings (SSSR count). The fourth-order valence-electron chi connectivity index (χ4n) is 5.82. The molecule has 0 aromatic heterocycles. The molecule has 202 valence electrons. The third-order valence-electron chi connectivity index (χ3n) is 7.55. The minimum absolute atomic E-state index is 0.148. The van der Waals surface area contributed by atoms with Gasteiger partial charge in [-0.3, -0.25) is 4.90 Å². The smallest absolute Gasteiger partial charge is 0.0606 e. The first kappa shape index (κ1) is 27.6. The summed E-state index contributed by atoms with van der Waals surface area (Å²) in [5.41, 5.74) is 2.84. The van der Waals surface area contributed by atoms with Gasteiger partial charge < -0.3 is 0 Å². The molecule has 0 aliphatic heterocycles. The van der Waals surface area contributed by atoms with E-state index in [2.05, 4.69) is 177 Å². The molecule has 3 heteroatoms. The van der Waals surface area contributed by atoms with Crippen LogP contribution in [0, 0.1) is 0 Å². The van der Waals surface area contributed by atoms with Crippen LogP contribution in [0.5, 0.6) is 0 Å². The van der Waals surface area contributed by atoms with E-state index in [1.165, 1.54) is 37.7 Å². The number of likely N-dealkylation sites (N-methyl/N-ethyl adjacent to an activating group) is 1. The van der Waals surface area contributed by atoms with Gasteiger partial charge in [0.05, 0.1) is 6.04 Å². The molecule has 1 nitrogen and oxygen atoms in total. The zero-order valence-electron chi connectivity index (χ0n) is 23.6. The summed E-state index contributed by atoms with van der Waals surface area (Å²) in [6.07, 6.45) is 5.77. The van der Waals surface area contributed by atoms with Crippen molar-refractivity contribution in [2.45, 2.75) is 12.5 Å². The van der Waals surface area contributed by atoms with Gasteiger partial charge in [-0.05, 0) is 79.3 Å². The SMILES string of the molecule is CN(C)[C@@H](C1=C(P(c2ccccc2)c2ccccc2)CC=C1)c1ccccc1P(c1ccccc1)c1ccccc1. The van der Waals surface area contributed by atoms with Crippen molar-refractivity contribution in [3.05, 3.63) is 174 Å². The van der Waals surface area contributed by atoms with Crippen LogP contribution in [-0.4, -0.2) is 19.0 Å². The molecule has 1 aliphatic rings. The van der Waals surface area contributed by atoms with Crippen molar-refractivity contribution >= 4 is 42.4 Å². The maximum atomic E-state index is 2.41. The van der Waals surface area contributed by atoms with Crippen LogP contribution in [0.4, 0.5) is 0 Å². The summed E-state index contributed by atoms with van der Waals surface area (Å²) in [4.78, 5) is 2.41. The van der Waals surface area contributed by atoms with E-state index in [0.717, 1.165) is 6.42 Å². The van der Waals surface area contributed by atoms with Gasteiger partial charge in [-0.2, -0.15) is 0 Å². The summed E-state index contributed by atoms with van der Waals surface area (Å²) in [6, 6.07) is 53.6. The Morgan fingerprint density at radius 1 is 0.512 bits per heavy atom. The largest absolute Gasteiger partial charge is 0.299 e. The normalized spacial score (nSPS) is 13.9. The number of hydrogen-bond donors (Lipinski definition) is 0. The maximum Gasteiger partial charge on any atom is 0.0606 e. The molecule has 0 radical (unpaired) electrons. The van der Waals surface area contributed by atoms with Crippen molar-refractivity contribution in [1.82, 2.24) is 4.90 Å². The lowest BCUT2D eigenvalue weighted by atomic mass is 9.98. The third kappa shape index (κ3) is 5.91. The summed E-state index contributed by atoms with van der Waals surface area (Å²) >= 11 is 0. The zero-order valence-corrected chi connectivity index (χ0v) is 25.4. The molecule has 0 saturated heterocycles. The number of allylic oxidation sites excluding steroid dienone is 2. The minimum atomic E-state index is -0.724. The molecule has 0 fully saturated rings. The lowest BCUT2D eigenvalue weighted by molar-refractivity contribution is 0.342. The fourth-order valence-corrected chi connectivity index (χ4v) is 10.9. The van der Waals surface area contributed by atoms with E-state index < -0.39 is 15.8 Å². The van der Waals surface area contributed by atoms with E-state index in [1.54, 1.807) is 5.31 Å². The highest BCUT2D eigenvalue weighted by atomic mass is 31.1. The van der Waals surface area contributed by atoms with E-state index in [1.807, 2.05) is 0 Å². The summed E-state index contributed by atoms with van der Waals surface area (Å²) in [6.45, 7) is 0. The first-order valence-electron chi connectivity index (χ1n) is 14.2. The molecule has 0 N–H and O–H groups in total. The second kappa shape index (κ2) is 12.9. The molecule has 0 saturated carbocycles. The Morgan fingerprint density at radius 3 is 1.39 bits per heavy atom. The molecule has 5 aromatic carbocycles. The molecular formula is C38H35NP2. The Hall–Kier alpha value is -3.60. The first-order valence-corrected chi connectivity index (χ1v) is 16.9. The third-order valence-corrected chi connectivity index (χ3v) is 12.7. The van der Waals surface area contributed by atoms with Crippen molar-refractivity contribution in [2.24, 2.45) is 0 Å². The minimum Gasteiger partial charge on any atom is -0.299 e. The topological polar surface area (TPSA) is 3.24 Å². The molecule has 1 aliphatic carbocycles. The van der Waals surface area contributed by atoms with Crippen LogP contribution < -0.4 is 26.5 Å². The summed E-state index contributed by atoms with van der Waals surface area (Å²) in [5, 5.41) is 8.55. The monoisotopic (exact) mass is 567 g/mol. The van der Waals surface area contributed by atoms with Gasteiger partial charge in [-0.15, -0.1) is 0 Å². The average molecular weight is 568 g/mol. The molecule has 0 spiro atoms. The van der Waals surface area contributed by atoms with Gasteiger partial charge in [-0.25, -0.2) is 0 Å². The Morgan fingerprint density at radius 2 is 0.927 bits per heavy atom. The molecule has 0 amide bonds. The lowest BCUT2D eigenvalue weighted by Crippen LogP contribution is -2.30. The summed E-state index contributed by atoms with van der Waals surface area (Å²) in [5.74, 6) is 0. The van der Waals surface area contributed by atoms with E-state index in [-0.39, 0.29) is 6.04 Å². The van der Waals surface area contributed by atoms with Crippen LogP contribution in [0.3, 0.4) is 0 Å². The standard InChI is InChI=1S/C38H35NP2/c1-39(2)38(35-27-17-29-37(35)41(32-22-11-5-12-23-32)33-24-13-6-14-25-33)34-26-15-16-28-36(34)40(30-18-7-3-8-19-30)31-20-9-4-10-21-31/h3-28,38H,29H2,1-2H3/t38-/m1/s1. The van der Waals surface area contributed by atoms with Crippen LogP contribution in [0.25, 0.3) is 0 Å². The molecule has 5 aromatic rings. The second-order valence-corrected chi connectivity index (χ2v) is 14.9. The van der Waals surface area contributed by atoms with Gasteiger partial charge in [0.15, 0.2) is 0 Å². The number of nitrogens with zero attached hydrogens (tertiary/aromatic N) is 1. The second-order valence-electron chi connectivity index (χ2n) is 10.4. The van der Waals surface area contributed by atoms with Gasteiger partial charge in [0.2, 0.25) is 0 Å². The lowest BCUT2D eigenvalue weighted by Gasteiger charge is -2.33. The number of hydrogen-bond acceptors (Lipinski definition) is 1. The predicted molar refractivity (Wildman–Crippen MR) is 181 cm³/mol. The Labute approximate surface area is 247 Å². The van der Waals surface area contributed by atoms with E-state index in [9.17, 15) is 0 Å². The zero-order chi connectivity index (χ0) is 28.0. The van der Waals surface area contributed by atoms with Gasteiger partial charge in [0, 0.05) is 0 Å². The van der Waals surface area contributed by atoms with Crippen LogP contribution in [0.15, 0.2) is 169 Å². The van der Waals surface area contributed by atoms with Crippen LogP contribution in [0.2, 0.25) is 0 Å². The predicted octanol–water partition coefficient (Wildman–Crippen LogP) is 7.39. The average Bonchev–Trinajstić information content (AvgIpc) is 3.49. The van der Waals surface area contributed by atoms with Crippen LogP contribution in [-0.2, 0) is 0 Å². The highest BCUT2D eigenvalue weighted by Crippen LogP contribution is 2.52. The van der Waals surface area contributed by atoms with E-state index >= 15 is 0 Å². The van der Waals surface area contributed by atoms with Crippen LogP contribution >= 0.6 is 15.8 Å². The van der Waals surface area contributed by atoms with Gasteiger partial charge in [-0.1, -0.05) is 158 Å². The highest BCUT2D eigenvalue weighted by Gasteiger charge is 2.31. The number of benzene rings is 5. The molecule has 41 heavy (non-hydrogen) atoms.